The predicted octanol–water partition coefficient (Wildman–Crippen LogP) is 2.41. The maximum Gasteiger partial charge on any atom is -0.00204 e. The maximum absolute atomic E-state index is 5.80. The van der Waals surface area contributed by atoms with E-state index < -0.39 is 0 Å². The van der Waals surface area contributed by atoms with E-state index in [2.05, 4.69) is 20.8 Å². The Kier molecular flexibility index (Phi) is 2.58. The molecule has 1 nitrogen and oxygen atoms in total. The minimum absolute atomic E-state index is 0.499. The molecule has 2 unspecified atom stereocenters. The Hall–Kier alpha value is -0.0400. The van der Waals surface area contributed by atoms with Crippen LogP contribution in [0.15, 0.2) is 0 Å². The predicted molar refractivity (Wildman–Crippen MR) is 49.3 cm³/mol. The van der Waals surface area contributed by atoms with E-state index in [9.17, 15) is 0 Å². The van der Waals surface area contributed by atoms with Crippen LogP contribution in [-0.2, 0) is 0 Å². The average Bonchev–Trinajstić information content (AvgIpc) is 2.29. The van der Waals surface area contributed by atoms with Crippen LogP contribution in [0.2, 0.25) is 0 Å². The third kappa shape index (κ3) is 1.58. The van der Waals surface area contributed by atoms with E-state index in [-0.39, 0.29) is 0 Å². The smallest absolute Gasteiger partial charge is 0.00204 e. The molecule has 1 heteroatoms. The van der Waals surface area contributed by atoms with Crippen molar-refractivity contribution in [1.29, 1.82) is 0 Å². The van der Waals surface area contributed by atoms with Gasteiger partial charge in [-0.3, -0.25) is 0 Å². The fraction of sp³-hybridized carbons (Fsp3) is 1.00. The Balaban J connectivity index is 2.61. The van der Waals surface area contributed by atoms with Crippen molar-refractivity contribution < 1.29 is 0 Å². The van der Waals surface area contributed by atoms with Crippen molar-refractivity contribution in [3.8, 4) is 0 Å². The topological polar surface area (TPSA) is 26.0 Å². The van der Waals surface area contributed by atoms with Gasteiger partial charge in [-0.2, -0.15) is 0 Å². The lowest BCUT2D eigenvalue weighted by molar-refractivity contribution is 0.282. The second-order valence-corrected chi connectivity index (χ2v) is 4.42. The van der Waals surface area contributed by atoms with Crippen molar-refractivity contribution >= 4 is 0 Å². The molecule has 0 heterocycles. The molecule has 66 valence electrons. The van der Waals surface area contributed by atoms with Crippen molar-refractivity contribution in [2.24, 2.45) is 23.0 Å². The van der Waals surface area contributed by atoms with Crippen molar-refractivity contribution in [2.75, 3.05) is 6.54 Å². The summed E-state index contributed by atoms with van der Waals surface area (Å²) >= 11 is 0. The molecule has 0 aromatic carbocycles. The van der Waals surface area contributed by atoms with Gasteiger partial charge in [0.2, 0.25) is 0 Å². The van der Waals surface area contributed by atoms with Gasteiger partial charge in [-0.1, -0.05) is 20.8 Å². The third-order valence-electron chi connectivity index (χ3n) is 3.66. The van der Waals surface area contributed by atoms with Gasteiger partial charge >= 0.3 is 0 Å². The van der Waals surface area contributed by atoms with Crippen LogP contribution in [0.5, 0.6) is 0 Å². The van der Waals surface area contributed by atoms with E-state index in [1.165, 1.54) is 19.3 Å². The Bertz CT molecular complexity index is 115. The standard InChI is InChI=1S/C10H21N/c1-4-10(7-11)5-8(2)9(3)6-10/h8-9H,4-7,11H2,1-3H3. The summed E-state index contributed by atoms with van der Waals surface area (Å²) < 4.78 is 0. The van der Waals surface area contributed by atoms with Crippen LogP contribution in [0, 0.1) is 17.3 Å². The molecule has 0 aromatic rings. The normalized spacial score (nSPS) is 44.7. The Morgan fingerprint density at radius 1 is 1.27 bits per heavy atom. The maximum atomic E-state index is 5.80. The van der Waals surface area contributed by atoms with Crippen LogP contribution in [0.25, 0.3) is 0 Å². The van der Waals surface area contributed by atoms with E-state index in [0.717, 1.165) is 18.4 Å². The van der Waals surface area contributed by atoms with Crippen molar-refractivity contribution in [1.82, 2.24) is 0 Å². The Morgan fingerprint density at radius 2 is 1.73 bits per heavy atom. The summed E-state index contributed by atoms with van der Waals surface area (Å²) in [6.45, 7) is 7.88. The molecule has 1 aliphatic rings. The highest BCUT2D eigenvalue weighted by Gasteiger charge is 2.38. The summed E-state index contributed by atoms with van der Waals surface area (Å²) in [6.07, 6.45) is 3.96. The summed E-state index contributed by atoms with van der Waals surface area (Å²) in [7, 11) is 0. The van der Waals surface area contributed by atoms with Crippen LogP contribution < -0.4 is 5.73 Å². The molecule has 0 bridgehead atoms. The van der Waals surface area contributed by atoms with E-state index in [1.54, 1.807) is 0 Å². The molecule has 2 N–H and O–H groups in total. The van der Waals surface area contributed by atoms with Gasteiger partial charge in [0.1, 0.15) is 0 Å². The first-order valence-electron chi connectivity index (χ1n) is 4.83. The second kappa shape index (κ2) is 3.14. The SMILES string of the molecule is CCC1(CN)CC(C)C(C)C1. The lowest BCUT2D eigenvalue weighted by Gasteiger charge is -2.25. The molecule has 1 rings (SSSR count). The first-order chi connectivity index (χ1) is 5.13. The Labute approximate surface area is 70.4 Å². The monoisotopic (exact) mass is 155 g/mol. The van der Waals surface area contributed by atoms with Crippen molar-refractivity contribution in [3.05, 3.63) is 0 Å². The zero-order valence-corrected chi connectivity index (χ0v) is 8.06. The quantitative estimate of drug-likeness (QED) is 0.651. The highest BCUT2D eigenvalue weighted by atomic mass is 14.6. The van der Waals surface area contributed by atoms with Crippen LogP contribution in [0.3, 0.4) is 0 Å². The third-order valence-corrected chi connectivity index (χ3v) is 3.66. The van der Waals surface area contributed by atoms with Gasteiger partial charge in [0.25, 0.3) is 0 Å². The lowest BCUT2D eigenvalue weighted by Crippen LogP contribution is -2.26. The van der Waals surface area contributed by atoms with Crippen molar-refractivity contribution in [3.63, 3.8) is 0 Å². The molecule has 0 amide bonds. The van der Waals surface area contributed by atoms with Gasteiger partial charge in [-0.25, -0.2) is 0 Å². The summed E-state index contributed by atoms with van der Waals surface area (Å²) in [5.74, 6) is 1.77. The number of nitrogens with two attached hydrogens (primary N) is 1. The van der Waals surface area contributed by atoms with Gasteiger partial charge in [-0.15, -0.1) is 0 Å². The summed E-state index contributed by atoms with van der Waals surface area (Å²) in [5.41, 5.74) is 6.30. The summed E-state index contributed by atoms with van der Waals surface area (Å²) in [5, 5.41) is 0. The fourth-order valence-corrected chi connectivity index (χ4v) is 2.45. The Morgan fingerprint density at radius 3 is 1.91 bits per heavy atom. The van der Waals surface area contributed by atoms with E-state index in [1.807, 2.05) is 0 Å². The zero-order valence-electron chi connectivity index (χ0n) is 8.06. The van der Waals surface area contributed by atoms with E-state index >= 15 is 0 Å². The minimum Gasteiger partial charge on any atom is -0.330 e. The lowest BCUT2D eigenvalue weighted by atomic mass is 9.82. The molecule has 1 fully saturated rings. The number of rotatable bonds is 2. The molecule has 0 spiro atoms. The van der Waals surface area contributed by atoms with Gasteiger partial charge in [0, 0.05) is 0 Å². The van der Waals surface area contributed by atoms with E-state index in [0.29, 0.717) is 5.41 Å². The molecule has 0 aromatic heterocycles. The molecule has 1 aliphatic carbocycles. The van der Waals surface area contributed by atoms with Gasteiger partial charge in [0.05, 0.1) is 0 Å². The first-order valence-corrected chi connectivity index (χ1v) is 4.83. The van der Waals surface area contributed by atoms with Crippen LogP contribution in [0.4, 0.5) is 0 Å². The number of hydrogen-bond acceptors (Lipinski definition) is 1. The molecule has 1 saturated carbocycles. The molecule has 11 heavy (non-hydrogen) atoms. The molecule has 0 saturated heterocycles. The van der Waals surface area contributed by atoms with Crippen LogP contribution in [0.1, 0.15) is 40.0 Å². The summed E-state index contributed by atoms with van der Waals surface area (Å²) in [6, 6.07) is 0. The average molecular weight is 155 g/mol. The van der Waals surface area contributed by atoms with Gasteiger partial charge < -0.3 is 5.73 Å². The molecule has 2 atom stereocenters. The second-order valence-electron chi connectivity index (χ2n) is 4.42. The minimum atomic E-state index is 0.499. The first kappa shape index (κ1) is 9.05. The molecular formula is C10H21N. The van der Waals surface area contributed by atoms with E-state index in [4.69, 9.17) is 5.73 Å². The molecule has 0 radical (unpaired) electrons. The van der Waals surface area contributed by atoms with Crippen LogP contribution >= 0.6 is 0 Å². The fourth-order valence-electron chi connectivity index (χ4n) is 2.45. The molecular weight excluding hydrogens is 134 g/mol. The number of hydrogen-bond donors (Lipinski definition) is 1. The largest absolute Gasteiger partial charge is 0.330 e. The van der Waals surface area contributed by atoms with Gasteiger partial charge in [-0.05, 0) is 43.1 Å². The summed E-state index contributed by atoms with van der Waals surface area (Å²) in [4.78, 5) is 0. The van der Waals surface area contributed by atoms with Gasteiger partial charge in [0.15, 0.2) is 0 Å². The highest BCUT2D eigenvalue weighted by Crippen LogP contribution is 2.46. The van der Waals surface area contributed by atoms with Crippen molar-refractivity contribution in [2.45, 2.75) is 40.0 Å². The molecule has 0 aliphatic heterocycles. The zero-order chi connectivity index (χ0) is 8.48. The highest BCUT2D eigenvalue weighted by molar-refractivity contribution is 4.90. The van der Waals surface area contributed by atoms with Crippen LogP contribution in [-0.4, -0.2) is 6.54 Å².